The van der Waals surface area contributed by atoms with E-state index < -0.39 is 11.6 Å². The molecule has 178 valence electrons. The lowest BCUT2D eigenvalue weighted by Gasteiger charge is -2.32. The number of aliphatic hydroxyl groups is 2. The van der Waals surface area contributed by atoms with Gasteiger partial charge in [0.1, 0.15) is 34.5 Å². The molecule has 0 amide bonds. The second-order valence-electron chi connectivity index (χ2n) is 10.3. The fraction of sp³-hybridized carbons (Fsp3) is 0.370. The van der Waals surface area contributed by atoms with E-state index in [0.29, 0.717) is 23.5 Å². The number of aryl methyl sites for hydroxylation is 1. The summed E-state index contributed by atoms with van der Waals surface area (Å²) in [5.41, 5.74) is 1.30. The fourth-order valence-corrected chi connectivity index (χ4v) is 4.55. The van der Waals surface area contributed by atoms with Crippen molar-refractivity contribution in [2.45, 2.75) is 64.3 Å². The summed E-state index contributed by atoms with van der Waals surface area (Å²) in [5.74, 6) is 0.0500. The Morgan fingerprint density at radius 3 is 2.59 bits per heavy atom. The molecule has 3 N–H and O–H groups in total. The van der Waals surface area contributed by atoms with Crippen molar-refractivity contribution in [1.29, 1.82) is 0 Å². The van der Waals surface area contributed by atoms with Gasteiger partial charge in [-0.1, -0.05) is 6.07 Å². The number of aliphatic hydroxyl groups excluding tert-OH is 1. The number of fused-ring (bicyclic) bond motifs is 2. The van der Waals surface area contributed by atoms with Crippen LogP contribution in [0.25, 0.3) is 11.6 Å². The third-order valence-electron chi connectivity index (χ3n) is 6.55. The molecule has 0 saturated carbocycles. The molecule has 7 heteroatoms. The van der Waals surface area contributed by atoms with E-state index in [1.807, 2.05) is 19.9 Å². The number of esters is 1. The number of cyclic esters (lactones) is 1. The van der Waals surface area contributed by atoms with Crippen LogP contribution in [0.15, 0.2) is 41.9 Å². The van der Waals surface area contributed by atoms with Gasteiger partial charge in [-0.25, -0.2) is 4.79 Å². The van der Waals surface area contributed by atoms with E-state index in [1.165, 1.54) is 6.07 Å². The van der Waals surface area contributed by atoms with Crippen molar-refractivity contribution in [3.63, 3.8) is 0 Å². The van der Waals surface area contributed by atoms with Crippen molar-refractivity contribution in [2.24, 2.45) is 0 Å². The Balaban J connectivity index is 1.47. The molecule has 0 aliphatic carbocycles. The Hall–Kier alpha value is -3.45. The molecule has 0 bridgehead atoms. The van der Waals surface area contributed by atoms with Crippen LogP contribution in [0.5, 0.6) is 17.2 Å². The summed E-state index contributed by atoms with van der Waals surface area (Å²) in [4.78, 5) is 12.7. The average molecular weight is 465 g/mol. The Labute approximate surface area is 197 Å². The van der Waals surface area contributed by atoms with Gasteiger partial charge in [-0.05, 0) is 81.5 Å². The van der Waals surface area contributed by atoms with Gasteiger partial charge in [-0.2, -0.15) is 0 Å². The monoisotopic (exact) mass is 464 g/mol. The molecule has 3 aliphatic rings. The first kappa shape index (κ1) is 22.3. The third kappa shape index (κ3) is 3.90. The largest absolute Gasteiger partial charge is 0.507 e. The van der Waals surface area contributed by atoms with Crippen molar-refractivity contribution in [3.8, 4) is 17.2 Å². The number of ether oxygens (including phenoxy) is 3. The zero-order valence-electron chi connectivity index (χ0n) is 19.6. The van der Waals surface area contributed by atoms with Crippen LogP contribution in [-0.4, -0.2) is 38.6 Å². The van der Waals surface area contributed by atoms with Gasteiger partial charge < -0.3 is 29.5 Å². The highest BCUT2D eigenvalue weighted by molar-refractivity contribution is 6.21. The van der Waals surface area contributed by atoms with Crippen molar-refractivity contribution < 1.29 is 34.3 Å². The molecule has 2 aromatic rings. The maximum Gasteiger partial charge on any atom is 0.348 e. The van der Waals surface area contributed by atoms with Gasteiger partial charge in [0.15, 0.2) is 11.5 Å². The predicted octanol–water partition coefficient (Wildman–Crippen LogP) is 4.44. The summed E-state index contributed by atoms with van der Waals surface area (Å²) in [6.07, 6.45) is 3.28. The van der Waals surface area contributed by atoms with Crippen LogP contribution in [0.3, 0.4) is 0 Å². The number of phenolic OH excluding ortho intramolecular Hbond substituents is 1. The zero-order chi connectivity index (χ0) is 24.4. The molecule has 5 rings (SSSR count). The normalized spacial score (nSPS) is 22.2. The molecule has 0 radical (unpaired) electrons. The molecular formula is C27H28O7. The topological polar surface area (TPSA) is 105 Å². The van der Waals surface area contributed by atoms with Crippen LogP contribution in [0.2, 0.25) is 0 Å². The van der Waals surface area contributed by atoms with E-state index in [9.17, 15) is 20.1 Å². The molecule has 0 saturated heterocycles. The van der Waals surface area contributed by atoms with E-state index in [-0.39, 0.29) is 40.1 Å². The number of aromatic hydroxyl groups is 1. The highest BCUT2D eigenvalue weighted by Gasteiger charge is 2.36. The van der Waals surface area contributed by atoms with Gasteiger partial charge in [-0.3, -0.25) is 0 Å². The number of phenols is 1. The van der Waals surface area contributed by atoms with E-state index >= 15 is 0 Å². The number of benzene rings is 2. The maximum absolute atomic E-state index is 12.7. The number of hydrogen-bond acceptors (Lipinski definition) is 7. The SMILES string of the molecule is CC1(C)CCc2cc(C3=C(O)/C(=C/c4ccc5c(c4)CC(C(C)(C)O)O5)OC3=O)c(O)cc2O1. The number of rotatable bonds is 3. The summed E-state index contributed by atoms with van der Waals surface area (Å²) >= 11 is 0. The van der Waals surface area contributed by atoms with Crippen LogP contribution in [0.4, 0.5) is 0 Å². The minimum atomic E-state index is -0.980. The molecule has 34 heavy (non-hydrogen) atoms. The fourth-order valence-electron chi connectivity index (χ4n) is 4.55. The maximum atomic E-state index is 12.7. The Kier molecular flexibility index (Phi) is 4.95. The molecule has 1 atom stereocenters. The number of carbonyl (C=O) groups excluding carboxylic acids is 1. The summed E-state index contributed by atoms with van der Waals surface area (Å²) < 4.78 is 17.1. The standard InChI is InChI=1S/C27H28O7/c1-26(2)8-7-15-11-17(18(28)13-20(15)34-26)23-24(29)21(33-25(23)30)10-14-5-6-19-16(9-14)12-22(32-19)27(3,4)31/h5-6,9-11,13,22,28-29,31H,7-8,12H2,1-4H3/b21-10-. The molecule has 2 aromatic carbocycles. The summed E-state index contributed by atoms with van der Waals surface area (Å²) in [6, 6.07) is 8.62. The molecule has 0 spiro atoms. The molecular weight excluding hydrogens is 436 g/mol. The minimum absolute atomic E-state index is 0.00686. The van der Waals surface area contributed by atoms with Gasteiger partial charge in [-0.15, -0.1) is 0 Å². The van der Waals surface area contributed by atoms with Gasteiger partial charge in [0, 0.05) is 18.1 Å². The van der Waals surface area contributed by atoms with E-state index in [2.05, 4.69) is 0 Å². The van der Waals surface area contributed by atoms with Crippen LogP contribution in [0, 0.1) is 0 Å². The smallest absolute Gasteiger partial charge is 0.348 e. The lowest BCUT2D eigenvalue weighted by molar-refractivity contribution is -0.131. The van der Waals surface area contributed by atoms with E-state index in [1.54, 1.807) is 38.1 Å². The Bertz CT molecular complexity index is 1260. The Morgan fingerprint density at radius 2 is 1.85 bits per heavy atom. The summed E-state index contributed by atoms with van der Waals surface area (Å²) in [5, 5.41) is 31.7. The molecule has 0 aromatic heterocycles. The van der Waals surface area contributed by atoms with Gasteiger partial charge in [0.25, 0.3) is 0 Å². The van der Waals surface area contributed by atoms with Crippen LogP contribution in [-0.2, 0) is 22.4 Å². The molecule has 7 nitrogen and oxygen atoms in total. The van der Waals surface area contributed by atoms with Crippen LogP contribution < -0.4 is 9.47 Å². The van der Waals surface area contributed by atoms with E-state index in [4.69, 9.17) is 14.2 Å². The predicted molar refractivity (Wildman–Crippen MR) is 126 cm³/mol. The van der Waals surface area contributed by atoms with Gasteiger partial charge in [0.2, 0.25) is 0 Å². The highest BCUT2D eigenvalue weighted by Crippen LogP contribution is 2.43. The van der Waals surface area contributed by atoms with Gasteiger partial charge in [0.05, 0.1) is 5.60 Å². The molecule has 0 fully saturated rings. The molecule has 1 unspecified atom stereocenters. The first-order valence-electron chi connectivity index (χ1n) is 11.4. The van der Waals surface area contributed by atoms with Crippen LogP contribution in [0.1, 0.15) is 56.4 Å². The molecule has 3 aliphatic heterocycles. The number of carbonyl (C=O) groups is 1. The lowest BCUT2D eigenvalue weighted by Crippen LogP contribution is -2.39. The Morgan fingerprint density at radius 1 is 1.09 bits per heavy atom. The third-order valence-corrected chi connectivity index (χ3v) is 6.55. The number of hydrogen-bond donors (Lipinski definition) is 3. The van der Waals surface area contributed by atoms with Crippen molar-refractivity contribution in [2.75, 3.05) is 0 Å². The first-order valence-corrected chi connectivity index (χ1v) is 11.4. The average Bonchev–Trinajstić information content (AvgIpc) is 3.28. The highest BCUT2D eigenvalue weighted by atomic mass is 16.6. The van der Waals surface area contributed by atoms with Gasteiger partial charge >= 0.3 is 5.97 Å². The first-order chi connectivity index (χ1) is 15.9. The lowest BCUT2D eigenvalue weighted by atomic mass is 9.91. The zero-order valence-corrected chi connectivity index (χ0v) is 19.6. The summed E-state index contributed by atoms with van der Waals surface area (Å²) in [7, 11) is 0. The van der Waals surface area contributed by atoms with E-state index in [0.717, 1.165) is 24.0 Å². The quantitative estimate of drug-likeness (QED) is 0.577. The second-order valence-corrected chi connectivity index (χ2v) is 10.3. The van der Waals surface area contributed by atoms with Crippen LogP contribution >= 0.6 is 0 Å². The van der Waals surface area contributed by atoms with Crippen molar-refractivity contribution >= 4 is 17.6 Å². The molecule has 3 heterocycles. The second kappa shape index (κ2) is 7.53. The summed E-state index contributed by atoms with van der Waals surface area (Å²) in [6.45, 7) is 7.38. The van der Waals surface area contributed by atoms with Crippen molar-refractivity contribution in [3.05, 3.63) is 64.1 Å². The minimum Gasteiger partial charge on any atom is -0.507 e. The van der Waals surface area contributed by atoms with Crippen molar-refractivity contribution in [1.82, 2.24) is 0 Å².